The number of fused-ring (bicyclic) bond motifs is 2. The second-order valence-electron chi connectivity index (χ2n) is 6.49. The van der Waals surface area contributed by atoms with Crippen LogP contribution in [0.1, 0.15) is 11.1 Å². The van der Waals surface area contributed by atoms with Gasteiger partial charge in [0.1, 0.15) is 5.75 Å². The Balaban J connectivity index is 1.45. The summed E-state index contributed by atoms with van der Waals surface area (Å²) in [5.74, 6) is 0.829. The van der Waals surface area contributed by atoms with Crippen molar-refractivity contribution < 1.29 is 9.53 Å². The highest BCUT2D eigenvalue weighted by molar-refractivity contribution is 5.88. The zero-order valence-corrected chi connectivity index (χ0v) is 15.1. The first-order valence-electron chi connectivity index (χ1n) is 8.89. The monoisotopic (exact) mass is 356 g/mol. The van der Waals surface area contributed by atoms with E-state index in [4.69, 9.17) is 4.74 Å². The zero-order valence-electron chi connectivity index (χ0n) is 15.1. The normalized spacial score (nSPS) is 10.9. The first-order chi connectivity index (χ1) is 13.2. The number of hydrogen-bond acceptors (Lipinski definition) is 3. The predicted octanol–water partition coefficient (Wildman–Crippen LogP) is 4.26. The number of hydrogen-bond donors (Lipinski definition) is 1. The molecule has 0 radical (unpaired) electrons. The Morgan fingerprint density at radius 1 is 0.963 bits per heavy atom. The molecule has 4 aromatic rings. The summed E-state index contributed by atoms with van der Waals surface area (Å²) in [6.07, 6.45) is 2.08. The quantitative estimate of drug-likeness (QED) is 0.581. The number of pyridine rings is 1. The Bertz CT molecular complexity index is 1120. The molecular formula is C23H20N2O2. The van der Waals surface area contributed by atoms with E-state index >= 15 is 0 Å². The number of amides is 1. The largest absolute Gasteiger partial charge is 0.497 e. The summed E-state index contributed by atoms with van der Waals surface area (Å²) in [4.78, 5) is 16.8. The molecule has 0 spiro atoms. The number of nitrogens with one attached hydrogen (secondary N) is 1. The molecule has 134 valence electrons. The molecule has 0 aliphatic rings. The van der Waals surface area contributed by atoms with E-state index in [0.717, 1.165) is 38.6 Å². The summed E-state index contributed by atoms with van der Waals surface area (Å²) < 4.78 is 5.26. The third-order valence-corrected chi connectivity index (χ3v) is 4.67. The van der Waals surface area contributed by atoms with Crippen LogP contribution in [0.2, 0.25) is 0 Å². The zero-order chi connectivity index (χ0) is 18.6. The van der Waals surface area contributed by atoms with Gasteiger partial charge in [-0.15, -0.1) is 0 Å². The van der Waals surface area contributed by atoms with E-state index < -0.39 is 0 Å². The van der Waals surface area contributed by atoms with Gasteiger partial charge in [0.25, 0.3) is 0 Å². The van der Waals surface area contributed by atoms with Crippen molar-refractivity contribution >= 4 is 27.6 Å². The van der Waals surface area contributed by atoms with Gasteiger partial charge in [-0.2, -0.15) is 0 Å². The van der Waals surface area contributed by atoms with Gasteiger partial charge in [0.15, 0.2) is 0 Å². The molecule has 1 amide bonds. The molecule has 4 rings (SSSR count). The number of carbonyl (C=O) groups is 1. The van der Waals surface area contributed by atoms with Crippen LogP contribution in [-0.2, 0) is 17.8 Å². The van der Waals surface area contributed by atoms with E-state index in [2.05, 4.69) is 16.4 Å². The lowest BCUT2D eigenvalue weighted by molar-refractivity contribution is -0.120. The van der Waals surface area contributed by atoms with Crippen LogP contribution in [0.15, 0.2) is 72.9 Å². The molecule has 4 heteroatoms. The van der Waals surface area contributed by atoms with Crippen molar-refractivity contribution in [1.82, 2.24) is 10.3 Å². The van der Waals surface area contributed by atoms with Crippen LogP contribution >= 0.6 is 0 Å². The van der Waals surface area contributed by atoms with Crippen molar-refractivity contribution in [3.05, 3.63) is 84.1 Å². The van der Waals surface area contributed by atoms with Crippen LogP contribution in [0.3, 0.4) is 0 Å². The van der Waals surface area contributed by atoms with Crippen molar-refractivity contribution in [3.8, 4) is 5.75 Å². The molecule has 0 atom stereocenters. The average Bonchev–Trinajstić information content (AvgIpc) is 2.72. The van der Waals surface area contributed by atoms with Crippen LogP contribution in [0.25, 0.3) is 21.7 Å². The first-order valence-corrected chi connectivity index (χ1v) is 8.89. The van der Waals surface area contributed by atoms with Crippen molar-refractivity contribution in [3.63, 3.8) is 0 Å². The maximum absolute atomic E-state index is 12.4. The molecule has 0 bridgehead atoms. The molecule has 0 fully saturated rings. The summed E-state index contributed by atoms with van der Waals surface area (Å²) >= 11 is 0. The molecule has 4 nitrogen and oxygen atoms in total. The van der Waals surface area contributed by atoms with E-state index in [9.17, 15) is 4.79 Å². The highest BCUT2D eigenvalue weighted by Gasteiger charge is 2.08. The van der Waals surface area contributed by atoms with Gasteiger partial charge < -0.3 is 10.1 Å². The minimum absolute atomic E-state index is 0.0111. The minimum atomic E-state index is -0.0111. The summed E-state index contributed by atoms with van der Waals surface area (Å²) in [6.45, 7) is 0.499. The molecule has 0 aliphatic carbocycles. The number of ether oxygens (including phenoxy) is 1. The topological polar surface area (TPSA) is 51.2 Å². The molecule has 0 saturated carbocycles. The molecule has 1 heterocycles. The van der Waals surface area contributed by atoms with Crippen molar-refractivity contribution in [2.24, 2.45) is 0 Å². The summed E-state index contributed by atoms with van der Waals surface area (Å²) in [5.41, 5.74) is 2.89. The van der Waals surface area contributed by atoms with Crippen LogP contribution in [0.4, 0.5) is 0 Å². The van der Waals surface area contributed by atoms with E-state index in [1.165, 1.54) is 0 Å². The number of nitrogens with zero attached hydrogens (tertiary/aromatic N) is 1. The van der Waals surface area contributed by atoms with E-state index in [-0.39, 0.29) is 5.91 Å². The smallest absolute Gasteiger partial charge is 0.224 e. The Morgan fingerprint density at radius 3 is 2.67 bits per heavy atom. The summed E-state index contributed by atoms with van der Waals surface area (Å²) in [5, 5.41) is 6.30. The van der Waals surface area contributed by atoms with E-state index in [1.807, 2.05) is 60.7 Å². The number of methoxy groups -OCH3 is 1. The molecular weight excluding hydrogens is 336 g/mol. The Morgan fingerprint density at radius 2 is 1.78 bits per heavy atom. The molecule has 0 unspecified atom stereocenters. The Hall–Kier alpha value is -3.40. The van der Waals surface area contributed by atoms with Gasteiger partial charge in [-0.3, -0.25) is 9.78 Å². The fourth-order valence-corrected chi connectivity index (χ4v) is 3.26. The van der Waals surface area contributed by atoms with Crippen molar-refractivity contribution in [2.75, 3.05) is 7.11 Å². The summed E-state index contributed by atoms with van der Waals surface area (Å²) in [6, 6.07) is 22.0. The first kappa shape index (κ1) is 17.0. The standard InChI is InChI=1S/C23H20N2O2/c1-27-21-10-9-18-12-16(7-8-19(18)13-21)15-25-22(26)14-20-5-2-4-17-6-3-11-24-23(17)20/h2-13H,14-15H2,1H3,(H,25,26). The fraction of sp³-hybridized carbons (Fsp3) is 0.130. The van der Waals surface area contributed by atoms with Crippen LogP contribution in [0.5, 0.6) is 5.75 Å². The number of aromatic nitrogens is 1. The maximum Gasteiger partial charge on any atom is 0.224 e. The van der Waals surface area contributed by atoms with Crippen molar-refractivity contribution in [1.29, 1.82) is 0 Å². The predicted molar refractivity (Wildman–Crippen MR) is 108 cm³/mol. The van der Waals surface area contributed by atoms with Gasteiger partial charge in [0.05, 0.1) is 19.0 Å². The van der Waals surface area contributed by atoms with Gasteiger partial charge in [-0.05, 0) is 46.2 Å². The molecule has 0 saturated heterocycles. The maximum atomic E-state index is 12.4. The lowest BCUT2D eigenvalue weighted by Gasteiger charge is -2.09. The van der Waals surface area contributed by atoms with Gasteiger partial charge in [0, 0.05) is 18.1 Å². The second kappa shape index (κ2) is 7.46. The molecule has 1 aromatic heterocycles. The third kappa shape index (κ3) is 3.75. The lowest BCUT2D eigenvalue weighted by atomic mass is 10.1. The fourth-order valence-electron chi connectivity index (χ4n) is 3.26. The molecule has 3 aromatic carbocycles. The second-order valence-corrected chi connectivity index (χ2v) is 6.49. The summed E-state index contributed by atoms with van der Waals surface area (Å²) in [7, 11) is 1.66. The van der Waals surface area contributed by atoms with Gasteiger partial charge in [-0.1, -0.05) is 42.5 Å². The lowest BCUT2D eigenvalue weighted by Crippen LogP contribution is -2.24. The van der Waals surface area contributed by atoms with E-state index in [0.29, 0.717) is 13.0 Å². The highest BCUT2D eigenvalue weighted by atomic mass is 16.5. The molecule has 27 heavy (non-hydrogen) atoms. The molecule has 0 aliphatic heterocycles. The Kier molecular flexibility index (Phi) is 4.71. The Labute approximate surface area is 157 Å². The number of benzene rings is 3. The van der Waals surface area contributed by atoms with Crippen LogP contribution < -0.4 is 10.1 Å². The van der Waals surface area contributed by atoms with Crippen LogP contribution in [0, 0.1) is 0 Å². The van der Waals surface area contributed by atoms with Gasteiger partial charge in [-0.25, -0.2) is 0 Å². The minimum Gasteiger partial charge on any atom is -0.497 e. The van der Waals surface area contributed by atoms with Crippen LogP contribution in [-0.4, -0.2) is 18.0 Å². The number of para-hydroxylation sites is 1. The SMILES string of the molecule is COc1ccc2cc(CNC(=O)Cc3cccc4cccnc34)ccc2c1. The molecule has 1 N–H and O–H groups in total. The third-order valence-electron chi connectivity index (χ3n) is 4.67. The highest BCUT2D eigenvalue weighted by Crippen LogP contribution is 2.22. The van der Waals surface area contributed by atoms with Gasteiger partial charge in [0.2, 0.25) is 5.91 Å². The average molecular weight is 356 g/mol. The number of rotatable bonds is 5. The van der Waals surface area contributed by atoms with E-state index in [1.54, 1.807) is 13.3 Å². The number of carbonyl (C=O) groups excluding carboxylic acids is 1. The van der Waals surface area contributed by atoms with Crippen molar-refractivity contribution in [2.45, 2.75) is 13.0 Å². The van der Waals surface area contributed by atoms with Gasteiger partial charge >= 0.3 is 0 Å².